The third-order valence-electron chi connectivity index (χ3n) is 6.93. The molecule has 3 aromatic rings. The van der Waals surface area contributed by atoms with Crippen LogP contribution in [-0.2, 0) is 16.1 Å². The van der Waals surface area contributed by atoms with Crippen molar-refractivity contribution in [1.29, 1.82) is 0 Å². The maximum Gasteiger partial charge on any atom is 0.335 e. The van der Waals surface area contributed by atoms with Gasteiger partial charge in [0.25, 0.3) is 11.5 Å². The second-order valence-electron chi connectivity index (χ2n) is 9.97. The number of carboxylic acid groups (broad SMARTS) is 1. The van der Waals surface area contributed by atoms with Gasteiger partial charge in [0.1, 0.15) is 23.9 Å². The number of rotatable bonds is 12. The summed E-state index contributed by atoms with van der Waals surface area (Å²) >= 11 is 0. The number of aliphatic hydroxyl groups is 3. The molecule has 14 heteroatoms. The third kappa shape index (κ3) is 7.00. The lowest BCUT2D eigenvalue weighted by molar-refractivity contribution is -0.271. The van der Waals surface area contributed by atoms with Crippen molar-refractivity contribution in [2.24, 2.45) is 0 Å². The number of ether oxygens (including phenoxy) is 4. The van der Waals surface area contributed by atoms with Crippen LogP contribution in [-0.4, -0.2) is 86.8 Å². The van der Waals surface area contributed by atoms with E-state index in [1.54, 1.807) is 12.1 Å². The molecular weight excluding hydrogens is 568 g/mol. The first-order chi connectivity index (χ1) is 20.5. The highest BCUT2D eigenvalue weighted by atomic mass is 16.7. The van der Waals surface area contributed by atoms with E-state index < -0.39 is 53.9 Å². The number of aromatic hydroxyl groups is 1. The quantitative estimate of drug-likeness (QED) is 0.145. The van der Waals surface area contributed by atoms with Crippen molar-refractivity contribution in [2.75, 3.05) is 13.7 Å². The van der Waals surface area contributed by atoms with Crippen LogP contribution in [0.25, 0.3) is 10.9 Å². The number of methoxy groups -OCH3 is 1. The molecule has 0 aliphatic carbocycles. The molecule has 43 heavy (non-hydrogen) atoms. The summed E-state index contributed by atoms with van der Waals surface area (Å²) in [4.78, 5) is 39.8. The van der Waals surface area contributed by atoms with Crippen LogP contribution < -0.4 is 25.1 Å². The summed E-state index contributed by atoms with van der Waals surface area (Å²) in [6.07, 6.45) is -6.32. The van der Waals surface area contributed by atoms with Gasteiger partial charge < -0.3 is 54.8 Å². The van der Waals surface area contributed by atoms with E-state index in [1.807, 2.05) is 0 Å². The number of carbonyl (C=O) groups excluding carboxylic acids is 1. The van der Waals surface area contributed by atoms with Crippen molar-refractivity contribution in [2.45, 2.75) is 63.4 Å². The number of aliphatic carboxylic acids is 1. The highest BCUT2D eigenvalue weighted by Gasteiger charge is 2.48. The predicted octanol–water partition coefficient (Wildman–Crippen LogP) is 1.01. The van der Waals surface area contributed by atoms with Crippen LogP contribution in [0, 0.1) is 0 Å². The smallest absolute Gasteiger partial charge is 0.335 e. The summed E-state index contributed by atoms with van der Waals surface area (Å²) in [5, 5.41) is 52.7. The maximum absolute atomic E-state index is 12.9. The molecule has 2 heterocycles. The lowest BCUT2D eigenvalue weighted by atomic mass is 9.99. The zero-order valence-corrected chi connectivity index (χ0v) is 23.5. The standard InChI is InChI=1S/C29H34N2O12/c1-3-4-5-10-41-24-19(40-2)9-7-15-12-16(27(37)31-20(15)24)26(36)30-13-14-6-8-18(17(32)11-14)42-29-23(35)21(33)22(34)25(43-29)28(38)39/h6-9,11-12,21-23,25,29,32-35H,3-5,10,13H2,1-2H3,(H,30,36)(H,31,37)(H,38,39)/t21-,22-,23-,25-,29?/m1/s1. The Bertz CT molecular complexity index is 1520. The molecule has 0 spiro atoms. The molecule has 14 nitrogen and oxygen atoms in total. The number of phenolic OH excluding ortho intramolecular Hbond substituents is 1. The van der Waals surface area contributed by atoms with Gasteiger partial charge in [0.15, 0.2) is 29.1 Å². The van der Waals surface area contributed by atoms with Crippen molar-refractivity contribution >= 4 is 22.8 Å². The summed E-state index contributed by atoms with van der Waals surface area (Å²) in [5.74, 6) is -2.09. The normalized spacial score (nSPS) is 21.7. The summed E-state index contributed by atoms with van der Waals surface area (Å²) in [5.41, 5.74) is 0.0331. The Morgan fingerprint density at radius 1 is 1.02 bits per heavy atom. The third-order valence-corrected chi connectivity index (χ3v) is 6.93. The van der Waals surface area contributed by atoms with Crippen molar-refractivity contribution < 1.29 is 54.1 Å². The minimum Gasteiger partial charge on any atom is -0.504 e. The number of nitrogens with one attached hydrogen (secondary N) is 2. The molecule has 1 unspecified atom stereocenters. The van der Waals surface area contributed by atoms with Crippen molar-refractivity contribution in [3.8, 4) is 23.0 Å². The Morgan fingerprint density at radius 2 is 1.77 bits per heavy atom. The number of amides is 1. The Balaban J connectivity index is 1.45. The van der Waals surface area contributed by atoms with Gasteiger partial charge in [-0.3, -0.25) is 9.59 Å². The van der Waals surface area contributed by atoms with Gasteiger partial charge in [-0.1, -0.05) is 25.8 Å². The van der Waals surface area contributed by atoms with Gasteiger partial charge in [-0.2, -0.15) is 0 Å². The van der Waals surface area contributed by atoms with Crippen molar-refractivity contribution in [3.05, 3.63) is 57.9 Å². The van der Waals surface area contributed by atoms with Crippen LogP contribution in [0.15, 0.2) is 41.2 Å². The molecule has 0 bridgehead atoms. The molecule has 1 aliphatic rings. The van der Waals surface area contributed by atoms with Crippen LogP contribution in [0.3, 0.4) is 0 Å². The van der Waals surface area contributed by atoms with E-state index in [0.29, 0.717) is 34.6 Å². The molecule has 5 atom stereocenters. The Kier molecular flexibility index (Phi) is 10.1. The van der Waals surface area contributed by atoms with Crippen LogP contribution in [0.2, 0.25) is 0 Å². The molecule has 7 N–H and O–H groups in total. The molecule has 1 aromatic heterocycles. The summed E-state index contributed by atoms with van der Waals surface area (Å²) in [6, 6.07) is 8.81. The van der Waals surface area contributed by atoms with Gasteiger partial charge in [0.05, 0.1) is 19.2 Å². The van der Waals surface area contributed by atoms with Crippen LogP contribution >= 0.6 is 0 Å². The monoisotopic (exact) mass is 602 g/mol. The molecule has 0 radical (unpaired) electrons. The number of aliphatic hydroxyl groups excluding tert-OH is 3. The SMILES string of the molecule is CCCCCOc1c(OC)ccc2cc(C(=O)NCc3ccc(OC4O[C@@H](C(=O)O)[C@H](O)[C@@H](O)[C@H]4O)c(O)c3)c(=O)[nH]c12. The Hall–Kier alpha value is -4.37. The number of aromatic amines is 1. The van der Waals surface area contributed by atoms with Crippen molar-refractivity contribution in [1.82, 2.24) is 10.3 Å². The highest BCUT2D eigenvalue weighted by Crippen LogP contribution is 2.34. The number of H-pyrrole nitrogens is 1. The number of hydrogen-bond acceptors (Lipinski definition) is 11. The van der Waals surface area contributed by atoms with Gasteiger partial charge in [0, 0.05) is 11.9 Å². The number of carboxylic acids is 1. The Morgan fingerprint density at radius 3 is 2.44 bits per heavy atom. The van der Waals surface area contributed by atoms with Gasteiger partial charge in [-0.15, -0.1) is 0 Å². The zero-order valence-electron chi connectivity index (χ0n) is 23.5. The largest absolute Gasteiger partial charge is 0.504 e. The minimum atomic E-state index is -1.89. The Labute approximate surface area is 245 Å². The topological polar surface area (TPSA) is 217 Å². The fourth-order valence-corrected chi connectivity index (χ4v) is 4.55. The number of fused-ring (bicyclic) bond motifs is 1. The lowest BCUT2D eigenvalue weighted by Crippen LogP contribution is -2.61. The molecule has 0 saturated carbocycles. The summed E-state index contributed by atoms with van der Waals surface area (Å²) < 4.78 is 21.7. The average molecular weight is 603 g/mol. The maximum atomic E-state index is 12.9. The first-order valence-electron chi connectivity index (χ1n) is 13.6. The first kappa shape index (κ1) is 31.6. The molecule has 1 amide bonds. The number of aromatic nitrogens is 1. The average Bonchev–Trinajstić information content (AvgIpc) is 2.98. The highest BCUT2D eigenvalue weighted by molar-refractivity contribution is 5.98. The fourth-order valence-electron chi connectivity index (χ4n) is 4.55. The van der Waals surface area contributed by atoms with E-state index in [2.05, 4.69) is 17.2 Å². The number of pyridine rings is 1. The predicted molar refractivity (Wildman–Crippen MR) is 150 cm³/mol. The number of carbonyl (C=O) groups is 2. The fraction of sp³-hybridized carbons (Fsp3) is 0.414. The van der Waals surface area contributed by atoms with E-state index in [-0.39, 0.29) is 17.9 Å². The molecule has 232 valence electrons. The second kappa shape index (κ2) is 13.7. The molecule has 2 aromatic carbocycles. The van der Waals surface area contributed by atoms with Crippen LogP contribution in [0.1, 0.15) is 42.1 Å². The van der Waals surface area contributed by atoms with E-state index in [4.69, 9.17) is 18.9 Å². The minimum absolute atomic E-state index is 0.0902. The number of hydrogen-bond donors (Lipinski definition) is 7. The summed E-state index contributed by atoms with van der Waals surface area (Å²) in [7, 11) is 1.49. The number of unbranched alkanes of at least 4 members (excludes halogenated alkanes) is 2. The van der Waals surface area contributed by atoms with Gasteiger partial charge >= 0.3 is 5.97 Å². The number of phenols is 1. The van der Waals surface area contributed by atoms with Gasteiger partial charge in [-0.05, 0) is 42.3 Å². The first-order valence-corrected chi connectivity index (χ1v) is 13.6. The zero-order chi connectivity index (χ0) is 31.3. The van der Waals surface area contributed by atoms with Crippen LogP contribution in [0.4, 0.5) is 0 Å². The van der Waals surface area contributed by atoms with Crippen molar-refractivity contribution in [3.63, 3.8) is 0 Å². The molecule has 1 aliphatic heterocycles. The van der Waals surface area contributed by atoms with Gasteiger partial charge in [0.2, 0.25) is 6.29 Å². The van der Waals surface area contributed by atoms with Crippen LogP contribution in [0.5, 0.6) is 23.0 Å². The van der Waals surface area contributed by atoms with E-state index in [1.165, 1.54) is 31.4 Å². The molecule has 1 saturated heterocycles. The molecule has 4 rings (SSSR count). The van der Waals surface area contributed by atoms with E-state index in [9.17, 15) is 39.9 Å². The second-order valence-corrected chi connectivity index (χ2v) is 9.97. The molecule has 1 fully saturated rings. The van der Waals surface area contributed by atoms with E-state index in [0.717, 1.165) is 19.3 Å². The van der Waals surface area contributed by atoms with E-state index >= 15 is 0 Å². The molecular formula is C29H34N2O12. The van der Waals surface area contributed by atoms with Gasteiger partial charge in [-0.25, -0.2) is 4.79 Å². The lowest BCUT2D eigenvalue weighted by Gasteiger charge is -2.38. The number of benzene rings is 2. The summed E-state index contributed by atoms with van der Waals surface area (Å²) in [6.45, 7) is 2.42.